The minimum Gasteiger partial charge on any atom is -0.482 e. The zero-order valence-corrected chi connectivity index (χ0v) is 14.7. The maximum atomic E-state index is 12.2. The first-order valence-corrected chi connectivity index (χ1v) is 8.59. The molecule has 3 heterocycles. The predicted molar refractivity (Wildman–Crippen MR) is 97.9 cm³/mol. The van der Waals surface area contributed by atoms with Crippen LogP contribution in [0.3, 0.4) is 0 Å². The van der Waals surface area contributed by atoms with Crippen molar-refractivity contribution in [3.8, 4) is 28.4 Å². The van der Waals surface area contributed by atoms with E-state index in [2.05, 4.69) is 20.4 Å². The topological polar surface area (TPSA) is 84.0 Å². The van der Waals surface area contributed by atoms with Gasteiger partial charge in [0, 0.05) is 17.8 Å². The van der Waals surface area contributed by atoms with E-state index in [1.165, 1.54) is 0 Å². The van der Waals surface area contributed by atoms with Crippen LogP contribution in [0.15, 0.2) is 36.4 Å². The van der Waals surface area contributed by atoms with Crippen LogP contribution in [-0.2, 0) is 4.79 Å². The molecule has 1 amide bonds. The van der Waals surface area contributed by atoms with E-state index in [1.807, 2.05) is 50.2 Å². The Morgan fingerprint density at radius 3 is 2.85 bits per heavy atom. The second-order valence-electron chi connectivity index (χ2n) is 6.20. The van der Waals surface area contributed by atoms with Gasteiger partial charge in [0.05, 0.1) is 11.4 Å². The SMILES string of the molecule is CCCN1C(=O)COc2ccc(-c3n[nH]nc3-c3cccc(C)n3)cc21. The molecule has 1 N–H and O–H groups in total. The van der Waals surface area contributed by atoms with E-state index in [-0.39, 0.29) is 12.5 Å². The number of amides is 1. The fourth-order valence-electron chi connectivity index (χ4n) is 3.10. The third-order valence-corrected chi connectivity index (χ3v) is 4.30. The van der Waals surface area contributed by atoms with E-state index in [1.54, 1.807) is 4.90 Å². The second-order valence-corrected chi connectivity index (χ2v) is 6.20. The Morgan fingerprint density at radius 2 is 2.04 bits per heavy atom. The van der Waals surface area contributed by atoms with E-state index in [0.29, 0.717) is 23.7 Å². The average Bonchev–Trinajstić information content (AvgIpc) is 3.13. The molecule has 0 radical (unpaired) electrons. The van der Waals surface area contributed by atoms with Crippen molar-refractivity contribution in [1.82, 2.24) is 20.4 Å². The Bertz CT molecular complexity index is 966. The van der Waals surface area contributed by atoms with E-state index in [0.717, 1.165) is 29.1 Å². The van der Waals surface area contributed by atoms with Crippen molar-refractivity contribution < 1.29 is 9.53 Å². The van der Waals surface area contributed by atoms with Gasteiger partial charge in [0.2, 0.25) is 0 Å². The number of H-pyrrole nitrogens is 1. The molecule has 0 saturated heterocycles. The monoisotopic (exact) mass is 349 g/mol. The van der Waals surface area contributed by atoms with E-state index in [4.69, 9.17) is 4.74 Å². The van der Waals surface area contributed by atoms with Gasteiger partial charge >= 0.3 is 0 Å². The Balaban J connectivity index is 1.79. The molecule has 0 saturated carbocycles. The molecule has 3 aromatic rings. The summed E-state index contributed by atoms with van der Waals surface area (Å²) in [4.78, 5) is 18.5. The van der Waals surface area contributed by atoms with E-state index >= 15 is 0 Å². The summed E-state index contributed by atoms with van der Waals surface area (Å²) in [6.45, 7) is 4.72. The molecular weight excluding hydrogens is 330 g/mol. The fraction of sp³-hybridized carbons (Fsp3) is 0.263. The Hall–Kier alpha value is -3.22. The number of fused-ring (bicyclic) bond motifs is 1. The highest BCUT2D eigenvalue weighted by molar-refractivity contribution is 5.98. The normalized spacial score (nSPS) is 13.5. The Morgan fingerprint density at radius 1 is 1.19 bits per heavy atom. The molecule has 0 spiro atoms. The zero-order chi connectivity index (χ0) is 18.1. The van der Waals surface area contributed by atoms with Crippen LogP contribution >= 0.6 is 0 Å². The van der Waals surface area contributed by atoms with Gasteiger partial charge in [0.25, 0.3) is 5.91 Å². The summed E-state index contributed by atoms with van der Waals surface area (Å²) in [5.41, 5.74) is 4.67. The predicted octanol–water partition coefficient (Wildman–Crippen LogP) is 2.98. The standard InChI is InChI=1S/C19H19N5O2/c1-3-9-24-15-10-13(7-8-16(15)26-11-17(24)25)18-19(22-23-21-18)14-6-4-5-12(2)20-14/h4-8,10H,3,9,11H2,1-2H3,(H,21,22,23). The third-order valence-electron chi connectivity index (χ3n) is 4.30. The van der Waals surface area contributed by atoms with Gasteiger partial charge in [0.15, 0.2) is 6.61 Å². The van der Waals surface area contributed by atoms with Crippen LogP contribution in [0.4, 0.5) is 5.69 Å². The second kappa shape index (κ2) is 6.59. The molecule has 1 aliphatic rings. The number of pyridine rings is 1. The van der Waals surface area contributed by atoms with Crippen molar-refractivity contribution >= 4 is 11.6 Å². The lowest BCUT2D eigenvalue weighted by Gasteiger charge is -2.29. The van der Waals surface area contributed by atoms with Crippen molar-refractivity contribution in [2.24, 2.45) is 0 Å². The van der Waals surface area contributed by atoms with Crippen LogP contribution in [0.25, 0.3) is 22.6 Å². The lowest BCUT2D eigenvalue weighted by molar-refractivity contribution is -0.121. The molecule has 1 aromatic carbocycles. The highest BCUT2D eigenvalue weighted by Crippen LogP contribution is 2.37. The fourth-order valence-corrected chi connectivity index (χ4v) is 3.10. The van der Waals surface area contributed by atoms with Crippen LogP contribution in [0.5, 0.6) is 5.75 Å². The summed E-state index contributed by atoms with van der Waals surface area (Å²) >= 11 is 0. The number of hydrogen-bond acceptors (Lipinski definition) is 5. The molecule has 26 heavy (non-hydrogen) atoms. The van der Waals surface area contributed by atoms with Gasteiger partial charge in [-0.25, -0.2) is 0 Å². The third kappa shape index (κ3) is 2.81. The lowest BCUT2D eigenvalue weighted by atomic mass is 10.1. The number of hydrogen-bond donors (Lipinski definition) is 1. The first-order chi connectivity index (χ1) is 12.7. The molecule has 4 rings (SSSR count). The molecule has 7 nitrogen and oxygen atoms in total. The van der Waals surface area contributed by atoms with Crippen LogP contribution in [-0.4, -0.2) is 39.5 Å². The summed E-state index contributed by atoms with van der Waals surface area (Å²) < 4.78 is 5.57. The van der Waals surface area contributed by atoms with Crippen molar-refractivity contribution in [3.63, 3.8) is 0 Å². The van der Waals surface area contributed by atoms with Crippen molar-refractivity contribution in [3.05, 3.63) is 42.1 Å². The van der Waals surface area contributed by atoms with E-state index < -0.39 is 0 Å². The number of aromatic amines is 1. The Labute approximate surface area is 151 Å². The van der Waals surface area contributed by atoms with Crippen molar-refractivity contribution in [2.45, 2.75) is 20.3 Å². The van der Waals surface area contributed by atoms with Crippen LogP contribution in [0.2, 0.25) is 0 Å². The zero-order valence-electron chi connectivity index (χ0n) is 14.7. The van der Waals surface area contributed by atoms with Gasteiger partial charge in [-0.05, 0) is 43.7 Å². The number of nitrogens with one attached hydrogen (secondary N) is 1. The summed E-state index contributed by atoms with van der Waals surface area (Å²) in [7, 11) is 0. The van der Waals surface area contributed by atoms with Crippen LogP contribution < -0.4 is 9.64 Å². The van der Waals surface area contributed by atoms with E-state index in [9.17, 15) is 4.79 Å². The van der Waals surface area contributed by atoms with Crippen molar-refractivity contribution in [1.29, 1.82) is 0 Å². The molecule has 0 atom stereocenters. The number of aryl methyl sites for hydroxylation is 1. The van der Waals surface area contributed by atoms with Gasteiger partial charge in [-0.15, -0.1) is 0 Å². The largest absolute Gasteiger partial charge is 0.482 e. The van der Waals surface area contributed by atoms with Crippen LogP contribution in [0, 0.1) is 6.92 Å². The average molecular weight is 349 g/mol. The number of aromatic nitrogens is 4. The maximum Gasteiger partial charge on any atom is 0.265 e. The Kier molecular flexibility index (Phi) is 4.12. The lowest BCUT2D eigenvalue weighted by Crippen LogP contribution is -2.39. The van der Waals surface area contributed by atoms with Gasteiger partial charge in [0.1, 0.15) is 17.1 Å². The van der Waals surface area contributed by atoms with Gasteiger partial charge < -0.3 is 9.64 Å². The number of ether oxygens (including phenoxy) is 1. The number of benzene rings is 1. The summed E-state index contributed by atoms with van der Waals surface area (Å²) in [6, 6.07) is 11.5. The summed E-state index contributed by atoms with van der Waals surface area (Å²) in [6.07, 6.45) is 0.873. The molecule has 7 heteroatoms. The molecule has 0 unspecified atom stereocenters. The number of carbonyl (C=O) groups excluding carboxylic acids is 1. The molecule has 0 bridgehead atoms. The summed E-state index contributed by atoms with van der Waals surface area (Å²) in [5, 5.41) is 11.3. The molecule has 0 aliphatic carbocycles. The van der Waals surface area contributed by atoms with Gasteiger partial charge in [-0.1, -0.05) is 13.0 Å². The molecule has 0 fully saturated rings. The maximum absolute atomic E-state index is 12.2. The van der Waals surface area contributed by atoms with Crippen LogP contribution in [0.1, 0.15) is 19.0 Å². The summed E-state index contributed by atoms with van der Waals surface area (Å²) in [5.74, 6) is 0.678. The van der Waals surface area contributed by atoms with Crippen molar-refractivity contribution in [2.75, 3.05) is 18.1 Å². The minimum absolute atomic E-state index is 0.0303. The molecule has 1 aliphatic heterocycles. The number of anilines is 1. The first-order valence-electron chi connectivity index (χ1n) is 8.59. The quantitative estimate of drug-likeness (QED) is 0.783. The number of rotatable bonds is 4. The molecular formula is C19H19N5O2. The molecule has 2 aromatic heterocycles. The highest BCUT2D eigenvalue weighted by Gasteiger charge is 2.26. The highest BCUT2D eigenvalue weighted by atomic mass is 16.5. The first kappa shape index (κ1) is 16.3. The van der Waals surface area contributed by atoms with Gasteiger partial charge in [-0.3, -0.25) is 9.78 Å². The minimum atomic E-state index is -0.0303. The van der Waals surface area contributed by atoms with Gasteiger partial charge in [-0.2, -0.15) is 15.4 Å². The number of nitrogens with zero attached hydrogens (tertiary/aromatic N) is 4. The smallest absolute Gasteiger partial charge is 0.265 e. The number of carbonyl (C=O) groups is 1. The molecule has 132 valence electrons.